The van der Waals surface area contributed by atoms with Crippen molar-refractivity contribution in [3.8, 4) is 0 Å². The maximum Gasteiger partial charge on any atom is 0.246 e. The highest BCUT2D eigenvalue weighted by Crippen LogP contribution is 2.33. The van der Waals surface area contributed by atoms with Gasteiger partial charge in [-0.1, -0.05) is 30.3 Å². The number of unbranched alkanes of at least 4 members (excludes halogenated alkanes) is 1. The summed E-state index contributed by atoms with van der Waals surface area (Å²) in [5.41, 5.74) is 0.638. The Morgan fingerprint density at radius 1 is 1.00 bits per heavy atom. The Morgan fingerprint density at radius 2 is 1.79 bits per heavy atom. The quantitative estimate of drug-likeness (QED) is 0.732. The molecule has 154 valence electrons. The summed E-state index contributed by atoms with van der Waals surface area (Å²) in [7, 11) is 0. The number of piperazine rings is 1. The molecule has 0 radical (unpaired) electrons. The number of nitrogens with one attached hydrogen (secondary N) is 1. The molecule has 2 fully saturated rings. The fraction of sp³-hybridized carbons (Fsp3) is 0.478. The van der Waals surface area contributed by atoms with E-state index in [2.05, 4.69) is 34.5 Å². The van der Waals surface area contributed by atoms with E-state index in [-0.39, 0.29) is 18.4 Å². The van der Waals surface area contributed by atoms with Gasteiger partial charge in [0.2, 0.25) is 11.8 Å². The maximum absolute atomic E-state index is 12.8. The van der Waals surface area contributed by atoms with Gasteiger partial charge in [-0.3, -0.25) is 9.59 Å². The summed E-state index contributed by atoms with van der Waals surface area (Å²) in [6.07, 6.45) is 6.35. The van der Waals surface area contributed by atoms with Crippen LogP contribution in [0.25, 0.3) is 0 Å². The van der Waals surface area contributed by atoms with Crippen LogP contribution in [0.1, 0.15) is 37.0 Å². The van der Waals surface area contributed by atoms with Gasteiger partial charge in [0.05, 0.1) is 19.4 Å². The summed E-state index contributed by atoms with van der Waals surface area (Å²) in [4.78, 5) is 29.6. The number of furan rings is 1. The van der Waals surface area contributed by atoms with Crippen LogP contribution < -0.4 is 5.32 Å². The van der Waals surface area contributed by atoms with Crippen molar-refractivity contribution >= 4 is 11.8 Å². The molecule has 0 saturated carbocycles. The van der Waals surface area contributed by atoms with Crippen LogP contribution in [0.3, 0.4) is 0 Å². The molecular formula is C23H29N3O3. The van der Waals surface area contributed by atoms with Gasteiger partial charge in [0.1, 0.15) is 11.3 Å². The van der Waals surface area contributed by atoms with Crippen molar-refractivity contribution in [1.29, 1.82) is 0 Å². The number of rotatable bonds is 7. The van der Waals surface area contributed by atoms with Crippen LogP contribution in [0.15, 0.2) is 53.1 Å². The third-order valence-corrected chi connectivity index (χ3v) is 6.25. The molecule has 2 amide bonds. The fourth-order valence-electron chi connectivity index (χ4n) is 4.53. The average Bonchev–Trinajstić information content (AvgIpc) is 3.27. The predicted molar refractivity (Wildman–Crippen MR) is 110 cm³/mol. The normalized spacial score (nSPS) is 19.5. The minimum Gasteiger partial charge on any atom is -0.467 e. The van der Waals surface area contributed by atoms with Crippen LogP contribution in [-0.2, 0) is 22.6 Å². The molecular weight excluding hydrogens is 366 g/mol. The highest BCUT2D eigenvalue weighted by molar-refractivity contribution is 5.98. The number of hydrogen-bond acceptors (Lipinski definition) is 4. The lowest BCUT2D eigenvalue weighted by molar-refractivity contribution is -0.158. The molecule has 2 aliphatic heterocycles. The molecule has 0 atom stereocenters. The molecule has 6 heteroatoms. The number of piperidine rings is 1. The van der Waals surface area contributed by atoms with Crippen LogP contribution >= 0.6 is 0 Å². The topological polar surface area (TPSA) is 65.8 Å². The molecule has 0 bridgehead atoms. The van der Waals surface area contributed by atoms with Gasteiger partial charge in [-0.05, 0) is 56.3 Å². The molecule has 4 rings (SSSR count). The van der Waals surface area contributed by atoms with Crippen molar-refractivity contribution in [3.63, 3.8) is 0 Å². The number of carbonyl (C=O) groups excluding carboxylic acids is 2. The number of hydrogen-bond donors (Lipinski definition) is 1. The molecule has 0 aliphatic carbocycles. The lowest BCUT2D eigenvalue weighted by atomic mass is 9.82. The van der Waals surface area contributed by atoms with Crippen molar-refractivity contribution < 1.29 is 14.0 Å². The number of benzene rings is 1. The molecule has 1 aromatic heterocycles. The van der Waals surface area contributed by atoms with Gasteiger partial charge in [-0.2, -0.15) is 0 Å². The Morgan fingerprint density at radius 3 is 2.52 bits per heavy atom. The third-order valence-electron chi connectivity index (χ3n) is 6.25. The average molecular weight is 396 g/mol. The first-order chi connectivity index (χ1) is 14.2. The van der Waals surface area contributed by atoms with Gasteiger partial charge in [-0.25, -0.2) is 0 Å². The SMILES string of the molecule is O=C1CNC(=O)C2(CCN(CCCCc3ccccc3)CC2)N1Cc1ccco1. The molecule has 29 heavy (non-hydrogen) atoms. The molecule has 2 aliphatic rings. The largest absolute Gasteiger partial charge is 0.467 e. The summed E-state index contributed by atoms with van der Waals surface area (Å²) >= 11 is 0. The fourth-order valence-corrected chi connectivity index (χ4v) is 4.53. The standard InChI is InChI=1S/C23H29N3O3/c27-21-17-24-22(28)23(26(21)18-20-10-6-16-29-20)11-14-25(15-12-23)13-5-4-9-19-7-2-1-3-8-19/h1-3,6-8,10,16H,4-5,9,11-15,17-18H2,(H,24,28). The number of aryl methyl sites for hydroxylation is 1. The molecule has 1 N–H and O–H groups in total. The Labute approximate surface area is 171 Å². The van der Waals surface area contributed by atoms with Gasteiger partial charge >= 0.3 is 0 Å². The van der Waals surface area contributed by atoms with E-state index in [1.54, 1.807) is 11.2 Å². The summed E-state index contributed by atoms with van der Waals surface area (Å²) in [6, 6.07) is 14.3. The van der Waals surface area contributed by atoms with Crippen molar-refractivity contribution in [1.82, 2.24) is 15.1 Å². The smallest absolute Gasteiger partial charge is 0.246 e. The molecule has 6 nitrogen and oxygen atoms in total. The number of carbonyl (C=O) groups is 2. The first-order valence-electron chi connectivity index (χ1n) is 10.5. The molecule has 1 spiro atoms. The summed E-state index contributed by atoms with van der Waals surface area (Å²) in [5, 5.41) is 2.81. The first-order valence-corrected chi connectivity index (χ1v) is 10.5. The lowest BCUT2D eigenvalue weighted by Crippen LogP contribution is -2.69. The minimum atomic E-state index is -0.747. The summed E-state index contributed by atoms with van der Waals surface area (Å²) in [6.45, 7) is 3.14. The highest BCUT2D eigenvalue weighted by atomic mass is 16.3. The van der Waals surface area contributed by atoms with Gasteiger partial charge in [-0.15, -0.1) is 0 Å². The Balaban J connectivity index is 1.31. The highest BCUT2D eigenvalue weighted by Gasteiger charge is 2.50. The first kappa shape index (κ1) is 19.7. The van der Waals surface area contributed by atoms with E-state index in [1.807, 2.05) is 18.2 Å². The van der Waals surface area contributed by atoms with E-state index in [0.29, 0.717) is 19.4 Å². The second-order valence-electron chi connectivity index (χ2n) is 8.06. The van der Waals surface area contributed by atoms with E-state index in [1.165, 1.54) is 5.56 Å². The number of amides is 2. The Hall–Kier alpha value is -2.60. The van der Waals surface area contributed by atoms with Gasteiger partial charge in [0.25, 0.3) is 0 Å². The van der Waals surface area contributed by atoms with Gasteiger partial charge in [0.15, 0.2) is 0 Å². The second kappa shape index (κ2) is 8.82. The molecule has 2 saturated heterocycles. The van der Waals surface area contributed by atoms with Gasteiger partial charge in [0, 0.05) is 13.1 Å². The zero-order valence-corrected chi connectivity index (χ0v) is 16.8. The van der Waals surface area contributed by atoms with Crippen molar-refractivity contribution in [2.24, 2.45) is 0 Å². The Bertz CT molecular complexity index is 811. The predicted octanol–water partition coefficient (Wildman–Crippen LogP) is 2.60. The van der Waals surface area contributed by atoms with Crippen molar-refractivity contribution in [2.75, 3.05) is 26.2 Å². The monoisotopic (exact) mass is 395 g/mol. The molecule has 1 aromatic carbocycles. The van der Waals surface area contributed by atoms with Crippen LogP contribution in [0.5, 0.6) is 0 Å². The van der Waals surface area contributed by atoms with E-state index >= 15 is 0 Å². The summed E-state index contributed by atoms with van der Waals surface area (Å²) in [5.74, 6) is 0.667. The van der Waals surface area contributed by atoms with Crippen LogP contribution in [0.2, 0.25) is 0 Å². The van der Waals surface area contributed by atoms with Crippen LogP contribution in [-0.4, -0.2) is 53.3 Å². The van der Waals surface area contributed by atoms with Crippen LogP contribution in [0, 0.1) is 0 Å². The van der Waals surface area contributed by atoms with Crippen molar-refractivity contribution in [2.45, 2.75) is 44.2 Å². The van der Waals surface area contributed by atoms with Gasteiger partial charge < -0.3 is 19.5 Å². The van der Waals surface area contributed by atoms with E-state index < -0.39 is 5.54 Å². The zero-order valence-electron chi connectivity index (χ0n) is 16.8. The Kier molecular flexibility index (Phi) is 6.00. The number of likely N-dealkylation sites (tertiary alicyclic amines) is 1. The zero-order chi connectivity index (χ0) is 20.1. The number of nitrogens with zero attached hydrogens (tertiary/aromatic N) is 2. The molecule has 2 aromatic rings. The molecule has 0 unspecified atom stereocenters. The van der Waals surface area contributed by atoms with Crippen LogP contribution in [0.4, 0.5) is 0 Å². The van der Waals surface area contributed by atoms with E-state index in [9.17, 15) is 9.59 Å². The van der Waals surface area contributed by atoms with E-state index in [4.69, 9.17) is 4.42 Å². The minimum absolute atomic E-state index is 0.0209. The lowest BCUT2D eigenvalue weighted by Gasteiger charge is -2.49. The van der Waals surface area contributed by atoms with Crippen molar-refractivity contribution in [3.05, 3.63) is 60.1 Å². The summed E-state index contributed by atoms with van der Waals surface area (Å²) < 4.78 is 5.44. The van der Waals surface area contributed by atoms with E-state index in [0.717, 1.165) is 44.7 Å². The molecule has 3 heterocycles. The second-order valence-corrected chi connectivity index (χ2v) is 8.06. The third kappa shape index (κ3) is 4.37. The maximum atomic E-state index is 12.8.